The molecule has 2 amide bonds. The summed E-state index contributed by atoms with van der Waals surface area (Å²) in [6.45, 7) is 1.59. The molecule has 2 N–H and O–H groups in total. The average Bonchev–Trinajstić information content (AvgIpc) is 2.92. The van der Waals surface area contributed by atoms with E-state index in [1.807, 2.05) is 12.1 Å². The van der Waals surface area contributed by atoms with Crippen LogP contribution in [0.25, 0.3) is 6.08 Å². The number of thioether (sulfide) groups is 1. The first-order valence-corrected chi connectivity index (χ1v) is 9.59. The molecule has 0 atom stereocenters. The van der Waals surface area contributed by atoms with Gasteiger partial charge in [0.2, 0.25) is 5.91 Å². The van der Waals surface area contributed by atoms with E-state index in [1.54, 1.807) is 44.4 Å². The summed E-state index contributed by atoms with van der Waals surface area (Å²) in [5.74, 6) is 0.182. The van der Waals surface area contributed by atoms with Gasteiger partial charge in [-0.3, -0.25) is 14.5 Å². The van der Waals surface area contributed by atoms with E-state index in [2.05, 4.69) is 5.32 Å². The average molecular weight is 415 g/mol. The molecule has 0 spiro atoms. The number of nitrogens with one attached hydrogen (secondary N) is 1. The number of methoxy groups -OCH3 is 1. The van der Waals surface area contributed by atoms with Crippen LogP contribution in [0.3, 0.4) is 0 Å². The topological polar surface area (TPSA) is 78.9 Å². The van der Waals surface area contributed by atoms with Crippen LogP contribution in [0.2, 0.25) is 0 Å². The number of hydrogen-bond donors (Lipinski definition) is 2. The van der Waals surface area contributed by atoms with Gasteiger partial charge in [0.25, 0.3) is 5.91 Å². The number of phenolic OH excluding ortho intramolecular Hbond substituents is 1. The molecule has 0 bridgehead atoms. The molecule has 1 aliphatic rings. The van der Waals surface area contributed by atoms with Crippen LogP contribution in [0, 0.1) is 6.92 Å². The molecule has 28 heavy (non-hydrogen) atoms. The second-order valence-electron chi connectivity index (χ2n) is 6.09. The van der Waals surface area contributed by atoms with Gasteiger partial charge < -0.3 is 15.2 Å². The Morgan fingerprint density at radius 2 is 2.00 bits per heavy atom. The minimum absolute atomic E-state index is 0.121. The molecule has 0 aliphatic carbocycles. The Kier molecular flexibility index (Phi) is 6.01. The number of aromatic hydroxyl groups is 1. The zero-order valence-corrected chi connectivity index (χ0v) is 16.9. The van der Waals surface area contributed by atoms with Crippen LogP contribution < -0.4 is 10.1 Å². The third-order valence-electron chi connectivity index (χ3n) is 4.07. The summed E-state index contributed by atoms with van der Waals surface area (Å²) in [6.07, 6.45) is 1.74. The normalized spacial score (nSPS) is 15.2. The van der Waals surface area contributed by atoms with Crippen molar-refractivity contribution in [3.05, 3.63) is 58.5 Å². The molecule has 0 aromatic heterocycles. The second-order valence-corrected chi connectivity index (χ2v) is 7.76. The predicted octanol–water partition coefficient (Wildman–Crippen LogP) is 3.55. The van der Waals surface area contributed by atoms with E-state index in [-0.39, 0.29) is 24.1 Å². The highest BCUT2D eigenvalue weighted by molar-refractivity contribution is 8.26. The number of carbonyl (C=O) groups is 2. The van der Waals surface area contributed by atoms with Gasteiger partial charge >= 0.3 is 0 Å². The number of thiocarbonyl (C=S) groups is 1. The minimum Gasteiger partial charge on any atom is -0.508 e. The van der Waals surface area contributed by atoms with E-state index in [4.69, 9.17) is 17.0 Å². The van der Waals surface area contributed by atoms with E-state index in [1.165, 1.54) is 11.0 Å². The Balaban J connectivity index is 1.69. The smallest absolute Gasteiger partial charge is 0.266 e. The van der Waals surface area contributed by atoms with Gasteiger partial charge in [0.1, 0.15) is 22.4 Å². The number of nitrogens with zero attached hydrogens (tertiary/aromatic N) is 1. The molecule has 1 saturated heterocycles. The van der Waals surface area contributed by atoms with Gasteiger partial charge in [-0.1, -0.05) is 36.1 Å². The Hall–Kier alpha value is -2.84. The molecule has 8 heteroatoms. The summed E-state index contributed by atoms with van der Waals surface area (Å²) in [4.78, 5) is 26.8. The molecular weight excluding hydrogens is 396 g/mol. The van der Waals surface area contributed by atoms with E-state index < -0.39 is 0 Å². The SMILES string of the molecule is COc1ccc(/C=C2\SC(=S)N(CC(=O)Nc3ccc(O)cc3C)C2=O)cc1. The van der Waals surface area contributed by atoms with Crippen LogP contribution in [-0.2, 0) is 9.59 Å². The highest BCUT2D eigenvalue weighted by atomic mass is 32.2. The number of anilines is 1. The van der Waals surface area contributed by atoms with Gasteiger partial charge in [0.15, 0.2) is 0 Å². The number of ether oxygens (including phenoxy) is 1. The van der Waals surface area contributed by atoms with Crippen LogP contribution in [-0.4, -0.2) is 39.8 Å². The van der Waals surface area contributed by atoms with Crippen molar-refractivity contribution in [2.24, 2.45) is 0 Å². The molecule has 0 unspecified atom stereocenters. The van der Waals surface area contributed by atoms with Crippen molar-refractivity contribution >= 4 is 51.9 Å². The third kappa shape index (κ3) is 4.52. The fourth-order valence-electron chi connectivity index (χ4n) is 2.61. The fraction of sp³-hybridized carbons (Fsp3) is 0.150. The lowest BCUT2D eigenvalue weighted by molar-refractivity contribution is -0.126. The summed E-state index contributed by atoms with van der Waals surface area (Å²) in [6, 6.07) is 11.9. The molecule has 1 aliphatic heterocycles. The molecule has 6 nitrogen and oxygen atoms in total. The molecule has 2 aromatic rings. The highest BCUT2D eigenvalue weighted by Crippen LogP contribution is 2.32. The second kappa shape index (κ2) is 8.45. The van der Waals surface area contributed by atoms with Crippen molar-refractivity contribution in [2.45, 2.75) is 6.92 Å². The Labute approximate surface area is 172 Å². The molecule has 0 radical (unpaired) electrons. The lowest BCUT2D eigenvalue weighted by atomic mass is 10.2. The van der Waals surface area contributed by atoms with E-state index >= 15 is 0 Å². The minimum atomic E-state index is -0.365. The van der Waals surface area contributed by atoms with Gasteiger partial charge in [0, 0.05) is 5.69 Å². The van der Waals surface area contributed by atoms with E-state index in [0.717, 1.165) is 28.6 Å². The Bertz CT molecular complexity index is 971. The zero-order chi connectivity index (χ0) is 20.3. The van der Waals surface area contributed by atoms with E-state index in [0.29, 0.717) is 14.9 Å². The monoisotopic (exact) mass is 414 g/mol. The van der Waals surface area contributed by atoms with Crippen molar-refractivity contribution in [1.29, 1.82) is 0 Å². The number of amides is 2. The van der Waals surface area contributed by atoms with Crippen LogP contribution in [0.4, 0.5) is 5.69 Å². The molecule has 1 fully saturated rings. The van der Waals surface area contributed by atoms with Crippen molar-refractivity contribution in [2.75, 3.05) is 19.0 Å². The largest absolute Gasteiger partial charge is 0.508 e. The molecule has 144 valence electrons. The molecule has 1 heterocycles. The van der Waals surface area contributed by atoms with Gasteiger partial charge in [-0.05, 0) is 54.5 Å². The third-order valence-corrected chi connectivity index (χ3v) is 5.45. The maximum absolute atomic E-state index is 12.7. The molecular formula is C20H18N2O4S2. The van der Waals surface area contributed by atoms with Crippen LogP contribution >= 0.6 is 24.0 Å². The summed E-state index contributed by atoms with van der Waals surface area (Å²) in [5.41, 5.74) is 2.13. The quantitative estimate of drug-likeness (QED) is 0.443. The van der Waals surface area contributed by atoms with Crippen molar-refractivity contribution in [3.8, 4) is 11.5 Å². The van der Waals surface area contributed by atoms with Crippen molar-refractivity contribution in [3.63, 3.8) is 0 Å². The number of benzene rings is 2. The fourth-order valence-corrected chi connectivity index (χ4v) is 3.86. The predicted molar refractivity (Wildman–Crippen MR) is 114 cm³/mol. The number of rotatable bonds is 5. The van der Waals surface area contributed by atoms with Crippen LogP contribution in [0.15, 0.2) is 47.4 Å². The highest BCUT2D eigenvalue weighted by Gasteiger charge is 2.33. The lowest BCUT2D eigenvalue weighted by Gasteiger charge is -2.15. The van der Waals surface area contributed by atoms with Gasteiger partial charge in [-0.15, -0.1) is 0 Å². The van der Waals surface area contributed by atoms with Crippen molar-refractivity contribution in [1.82, 2.24) is 4.90 Å². The van der Waals surface area contributed by atoms with Crippen LogP contribution in [0.1, 0.15) is 11.1 Å². The van der Waals surface area contributed by atoms with Crippen molar-refractivity contribution < 1.29 is 19.4 Å². The standard InChI is InChI=1S/C20H18N2O4S2/c1-12-9-14(23)5-8-16(12)21-18(24)11-22-19(25)17(28-20(22)27)10-13-3-6-15(26-2)7-4-13/h3-10,23H,11H2,1-2H3,(H,21,24)/b17-10-. The van der Waals surface area contributed by atoms with Gasteiger partial charge in [-0.25, -0.2) is 0 Å². The summed E-state index contributed by atoms with van der Waals surface area (Å²) in [5, 5.41) is 12.2. The first kappa shape index (κ1) is 19.9. The summed E-state index contributed by atoms with van der Waals surface area (Å²) < 4.78 is 5.46. The maximum atomic E-state index is 12.7. The Morgan fingerprint density at radius 1 is 1.29 bits per heavy atom. The molecule has 3 rings (SSSR count). The lowest BCUT2D eigenvalue weighted by Crippen LogP contribution is -2.36. The number of phenols is 1. The Morgan fingerprint density at radius 3 is 2.64 bits per heavy atom. The van der Waals surface area contributed by atoms with Gasteiger partial charge in [0.05, 0.1) is 12.0 Å². The summed E-state index contributed by atoms with van der Waals surface area (Å²) in [7, 11) is 1.59. The molecule has 2 aromatic carbocycles. The number of hydrogen-bond acceptors (Lipinski definition) is 6. The first-order valence-electron chi connectivity index (χ1n) is 8.36. The summed E-state index contributed by atoms with van der Waals surface area (Å²) >= 11 is 6.44. The number of aryl methyl sites for hydroxylation is 1. The molecule has 0 saturated carbocycles. The number of carbonyl (C=O) groups excluding carboxylic acids is 2. The van der Waals surface area contributed by atoms with Gasteiger partial charge in [-0.2, -0.15) is 0 Å². The first-order chi connectivity index (χ1) is 13.4. The van der Waals surface area contributed by atoms with Crippen LogP contribution in [0.5, 0.6) is 11.5 Å². The van der Waals surface area contributed by atoms with E-state index in [9.17, 15) is 14.7 Å². The zero-order valence-electron chi connectivity index (χ0n) is 15.3. The maximum Gasteiger partial charge on any atom is 0.266 e.